The largest absolute Gasteiger partial charge is 0.464 e. The summed E-state index contributed by atoms with van der Waals surface area (Å²) in [5.74, 6) is 1.01. The van der Waals surface area contributed by atoms with E-state index in [4.69, 9.17) is 0 Å². The van der Waals surface area contributed by atoms with Crippen molar-refractivity contribution in [3.05, 3.63) is 11.1 Å². The number of esters is 1. The SMILES string of the molecule is COC(=O)c1csc(N2CC(C)CC(C)C2)n1. The zero-order valence-corrected chi connectivity index (χ0v) is 11.3. The average Bonchev–Trinajstić information content (AvgIpc) is 2.76. The van der Waals surface area contributed by atoms with Crippen LogP contribution in [-0.4, -0.2) is 31.2 Å². The monoisotopic (exact) mass is 254 g/mol. The van der Waals surface area contributed by atoms with E-state index >= 15 is 0 Å². The maximum Gasteiger partial charge on any atom is 0.357 e. The molecule has 4 nitrogen and oxygen atoms in total. The molecule has 0 N–H and O–H groups in total. The van der Waals surface area contributed by atoms with Gasteiger partial charge in [-0.1, -0.05) is 13.8 Å². The first-order chi connectivity index (χ1) is 8.10. The molecule has 94 valence electrons. The fourth-order valence-corrected chi connectivity index (χ4v) is 3.24. The second kappa shape index (κ2) is 5.04. The van der Waals surface area contributed by atoms with Gasteiger partial charge in [-0.2, -0.15) is 0 Å². The summed E-state index contributed by atoms with van der Waals surface area (Å²) in [5, 5.41) is 2.70. The number of methoxy groups -OCH3 is 1. The molecule has 0 amide bonds. The first kappa shape index (κ1) is 12.4. The molecule has 1 aliphatic heterocycles. The van der Waals surface area contributed by atoms with Crippen molar-refractivity contribution in [3.8, 4) is 0 Å². The van der Waals surface area contributed by atoms with Gasteiger partial charge in [0.25, 0.3) is 0 Å². The number of thiazole rings is 1. The number of hydrogen-bond donors (Lipinski definition) is 0. The Balaban J connectivity index is 2.11. The summed E-state index contributed by atoms with van der Waals surface area (Å²) < 4.78 is 4.67. The molecule has 0 radical (unpaired) electrons. The smallest absolute Gasteiger partial charge is 0.357 e. The lowest BCUT2D eigenvalue weighted by Gasteiger charge is -2.34. The van der Waals surface area contributed by atoms with Crippen LogP contribution in [0.3, 0.4) is 0 Å². The number of carbonyl (C=O) groups is 1. The number of ether oxygens (including phenoxy) is 1. The van der Waals surface area contributed by atoms with Crippen LogP contribution < -0.4 is 4.90 Å². The van der Waals surface area contributed by atoms with Crippen LogP contribution in [0.4, 0.5) is 5.13 Å². The molecule has 2 heterocycles. The van der Waals surface area contributed by atoms with Crippen LogP contribution in [0.15, 0.2) is 5.38 Å². The first-order valence-electron chi connectivity index (χ1n) is 5.89. The van der Waals surface area contributed by atoms with Gasteiger partial charge in [0.05, 0.1) is 7.11 Å². The molecule has 1 aromatic heterocycles. The summed E-state index contributed by atoms with van der Waals surface area (Å²) in [7, 11) is 1.38. The molecule has 1 saturated heterocycles. The van der Waals surface area contributed by atoms with E-state index in [2.05, 4.69) is 28.5 Å². The number of carbonyl (C=O) groups excluding carboxylic acids is 1. The van der Waals surface area contributed by atoms with E-state index in [1.54, 1.807) is 5.38 Å². The number of rotatable bonds is 2. The summed E-state index contributed by atoms with van der Waals surface area (Å²) in [5.41, 5.74) is 0.415. The Kier molecular flexibility index (Phi) is 3.66. The summed E-state index contributed by atoms with van der Waals surface area (Å²) in [6.07, 6.45) is 1.27. The van der Waals surface area contributed by atoms with E-state index in [0.717, 1.165) is 18.2 Å². The number of nitrogens with zero attached hydrogens (tertiary/aromatic N) is 2. The molecule has 0 bridgehead atoms. The van der Waals surface area contributed by atoms with Gasteiger partial charge in [-0.15, -0.1) is 11.3 Å². The van der Waals surface area contributed by atoms with Crippen molar-refractivity contribution < 1.29 is 9.53 Å². The summed E-state index contributed by atoms with van der Waals surface area (Å²) >= 11 is 1.52. The highest BCUT2D eigenvalue weighted by Crippen LogP contribution is 2.28. The predicted molar refractivity (Wildman–Crippen MR) is 68.6 cm³/mol. The Morgan fingerprint density at radius 1 is 1.47 bits per heavy atom. The molecule has 2 rings (SSSR count). The summed E-state index contributed by atoms with van der Waals surface area (Å²) in [4.78, 5) is 18.0. The minimum atomic E-state index is -0.356. The maximum atomic E-state index is 11.3. The molecule has 5 heteroatoms. The van der Waals surface area contributed by atoms with E-state index in [1.807, 2.05) is 0 Å². The highest BCUT2D eigenvalue weighted by Gasteiger charge is 2.24. The van der Waals surface area contributed by atoms with Crippen LogP contribution in [-0.2, 0) is 4.74 Å². The molecule has 2 unspecified atom stereocenters. The van der Waals surface area contributed by atoms with Gasteiger partial charge in [-0.25, -0.2) is 9.78 Å². The normalized spacial score (nSPS) is 24.8. The minimum absolute atomic E-state index is 0.356. The third kappa shape index (κ3) is 2.77. The van der Waals surface area contributed by atoms with Crippen molar-refractivity contribution in [2.24, 2.45) is 11.8 Å². The van der Waals surface area contributed by atoms with Crippen LogP contribution >= 0.6 is 11.3 Å². The van der Waals surface area contributed by atoms with Gasteiger partial charge in [-0.05, 0) is 18.3 Å². The van der Waals surface area contributed by atoms with Gasteiger partial charge in [0.2, 0.25) is 0 Å². The number of anilines is 1. The topological polar surface area (TPSA) is 42.4 Å². The van der Waals surface area contributed by atoms with Gasteiger partial charge in [-0.3, -0.25) is 0 Å². The van der Waals surface area contributed by atoms with E-state index in [0.29, 0.717) is 17.5 Å². The Bertz CT molecular complexity index is 395. The maximum absolute atomic E-state index is 11.3. The van der Waals surface area contributed by atoms with Crippen LogP contribution in [0, 0.1) is 11.8 Å². The Labute approximate surface area is 106 Å². The molecule has 1 aliphatic rings. The quantitative estimate of drug-likeness (QED) is 0.760. The van der Waals surface area contributed by atoms with Gasteiger partial charge >= 0.3 is 5.97 Å². The second-order valence-corrected chi connectivity index (χ2v) is 5.69. The van der Waals surface area contributed by atoms with Crippen LogP contribution in [0.1, 0.15) is 30.8 Å². The van der Waals surface area contributed by atoms with Crippen molar-refractivity contribution in [2.75, 3.05) is 25.1 Å². The molecule has 0 aromatic carbocycles. The molecule has 2 atom stereocenters. The fourth-order valence-electron chi connectivity index (χ4n) is 2.43. The summed E-state index contributed by atoms with van der Waals surface area (Å²) in [6, 6.07) is 0. The van der Waals surface area contributed by atoms with E-state index in [1.165, 1.54) is 24.9 Å². The highest BCUT2D eigenvalue weighted by atomic mass is 32.1. The lowest BCUT2D eigenvalue weighted by molar-refractivity contribution is 0.0595. The molecule has 1 aromatic rings. The molecule has 0 saturated carbocycles. The van der Waals surface area contributed by atoms with Gasteiger partial charge in [0.15, 0.2) is 10.8 Å². The number of aromatic nitrogens is 1. The zero-order valence-electron chi connectivity index (χ0n) is 10.5. The van der Waals surface area contributed by atoms with Crippen molar-refractivity contribution in [3.63, 3.8) is 0 Å². The van der Waals surface area contributed by atoms with Crippen LogP contribution in [0.25, 0.3) is 0 Å². The molecular formula is C12H18N2O2S. The number of piperidine rings is 1. The number of hydrogen-bond acceptors (Lipinski definition) is 5. The summed E-state index contributed by atoms with van der Waals surface area (Å²) in [6.45, 7) is 6.58. The highest BCUT2D eigenvalue weighted by molar-refractivity contribution is 7.13. The minimum Gasteiger partial charge on any atom is -0.464 e. The standard InChI is InChI=1S/C12H18N2O2S/c1-8-4-9(2)6-14(5-8)12-13-10(7-17-12)11(15)16-3/h7-9H,4-6H2,1-3H3. The third-order valence-electron chi connectivity index (χ3n) is 3.03. The van der Waals surface area contributed by atoms with Crippen LogP contribution in [0.5, 0.6) is 0 Å². The van der Waals surface area contributed by atoms with E-state index in [9.17, 15) is 4.79 Å². The van der Waals surface area contributed by atoms with Crippen LogP contribution in [0.2, 0.25) is 0 Å². The van der Waals surface area contributed by atoms with E-state index in [-0.39, 0.29) is 5.97 Å². The lowest BCUT2D eigenvalue weighted by atomic mass is 9.92. The Morgan fingerprint density at radius 3 is 2.71 bits per heavy atom. The van der Waals surface area contributed by atoms with Crippen molar-refractivity contribution in [1.29, 1.82) is 0 Å². The molecule has 0 spiro atoms. The Hall–Kier alpha value is -1.10. The Morgan fingerprint density at radius 2 is 2.12 bits per heavy atom. The second-order valence-electron chi connectivity index (χ2n) is 4.86. The molecule has 0 aliphatic carbocycles. The molecular weight excluding hydrogens is 236 g/mol. The fraction of sp³-hybridized carbons (Fsp3) is 0.667. The zero-order chi connectivity index (χ0) is 12.4. The average molecular weight is 254 g/mol. The van der Waals surface area contributed by atoms with Gasteiger partial charge in [0.1, 0.15) is 0 Å². The van der Waals surface area contributed by atoms with Gasteiger partial charge in [0, 0.05) is 18.5 Å². The first-order valence-corrected chi connectivity index (χ1v) is 6.77. The predicted octanol–water partition coefficient (Wildman–Crippen LogP) is 2.41. The van der Waals surface area contributed by atoms with E-state index < -0.39 is 0 Å². The third-order valence-corrected chi connectivity index (χ3v) is 3.93. The van der Waals surface area contributed by atoms with Crippen molar-refractivity contribution in [1.82, 2.24) is 4.98 Å². The van der Waals surface area contributed by atoms with Gasteiger partial charge < -0.3 is 9.64 Å². The lowest BCUT2D eigenvalue weighted by Crippen LogP contribution is -2.38. The molecule has 1 fully saturated rings. The van der Waals surface area contributed by atoms with Crippen molar-refractivity contribution >= 4 is 22.4 Å². The molecule has 17 heavy (non-hydrogen) atoms. The van der Waals surface area contributed by atoms with Crippen molar-refractivity contribution in [2.45, 2.75) is 20.3 Å².